The van der Waals surface area contributed by atoms with Crippen molar-refractivity contribution in [3.05, 3.63) is 18.5 Å². The Bertz CT molecular complexity index is 559. The van der Waals surface area contributed by atoms with Gasteiger partial charge in [-0.05, 0) is 38.2 Å². The van der Waals surface area contributed by atoms with Gasteiger partial charge in [0.1, 0.15) is 6.04 Å². The van der Waals surface area contributed by atoms with Crippen LogP contribution in [0, 0.1) is 0 Å². The van der Waals surface area contributed by atoms with Crippen molar-refractivity contribution in [3.8, 4) is 0 Å². The number of anilines is 1. The van der Waals surface area contributed by atoms with Gasteiger partial charge in [0.15, 0.2) is 0 Å². The summed E-state index contributed by atoms with van der Waals surface area (Å²) in [7, 11) is 0. The third kappa shape index (κ3) is 4.33. The molecule has 2 aliphatic rings. The maximum atomic E-state index is 12.1. The van der Waals surface area contributed by atoms with Crippen LogP contribution in [-0.2, 0) is 4.79 Å². The summed E-state index contributed by atoms with van der Waals surface area (Å²) in [5.74, 6) is 0.647. The molecule has 1 aromatic rings. The molecule has 0 spiro atoms. The minimum atomic E-state index is -0.426. The predicted octanol–water partition coefficient (Wildman–Crippen LogP) is 0.413. The number of nitrogens with zero attached hydrogens (tertiary/aromatic N) is 3. The van der Waals surface area contributed by atoms with E-state index >= 15 is 0 Å². The molecule has 3 amide bonds. The lowest BCUT2D eigenvalue weighted by atomic mass is 10.1. The SMILES string of the molecule is O=C(NC1CCN(c2ncccn2)CC1)NC1CCCCNC1=O. The van der Waals surface area contributed by atoms with Crippen LogP contribution in [0.2, 0.25) is 0 Å². The van der Waals surface area contributed by atoms with Gasteiger partial charge < -0.3 is 20.9 Å². The zero-order chi connectivity index (χ0) is 16.8. The first-order chi connectivity index (χ1) is 11.7. The van der Waals surface area contributed by atoms with E-state index in [9.17, 15) is 9.59 Å². The average Bonchev–Trinajstić information content (AvgIpc) is 2.81. The molecule has 8 heteroatoms. The second-order valence-electron chi connectivity index (χ2n) is 6.27. The third-order valence-corrected chi connectivity index (χ3v) is 4.51. The van der Waals surface area contributed by atoms with Crippen molar-refractivity contribution in [1.82, 2.24) is 25.9 Å². The number of hydrogen-bond donors (Lipinski definition) is 3. The number of carbonyl (C=O) groups is 2. The Kier molecular flexibility index (Phi) is 5.45. The van der Waals surface area contributed by atoms with Gasteiger partial charge in [-0.25, -0.2) is 14.8 Å². The van der Waals surface area contributed by atoms with Crippen molar-refractivity contribution >= 4 is 17.9 Å². The molecule has 1 unspecified atom stereocenters. The van der Waals surface area contributed by atoms with Gasteiger partial charge in [0.05, 0.1) is 0 Å². The summed E-state index contributed by atoms with van der Waals surface area (Å²) in [6, 6.07) is 1.22. The Hall–Kier alpha value is -2.38. The molecule has 1 aromatic heterocycles. The Balaban J connectivity index is 1.44. The molecule has 3 heterocycles. The molecule has 1 atom stereocenters. The number of piperidine rings is 1. The zero-order valence-electron chi connectivity index (χ0n) is 13.7. The first-order valence-corrected chi connectivity index (χ1v) is 8.59. The lowest BCUT2D eigenvalue weighted by Gasteiger charge is -2.32. The number of carbonyl (C=O) groups excluding carboxylic acids is 2. The molecule has 2 fully saturated rings. The molecule has 0 saturated carbocycles. The second kappa shape index (κ2) is 7.94. The van der Waals surface area contributed by atoms with Crippen molar-refractivity contribution in [2.75, 3.05) is 24.5 Å². The van der Waals surface area contributed by atoms with Crippen molar-refractivity contribution in [3.63, 3.8) is 0 Å². The Morgan fingerprint density at radius 1 is 1.12 bits per heavy atom. The molecular formula is C16H24N6O2. The van der Waals surface area contributed by atoms with Gasteiger partial charge >= 0.3 is 6.03 Å². The monoisotopic (exact) mass is 332 g/mol. The highest BCUT2D eigenvalue weighted by atomic mass is 16.2. The van der Waals surface area contributed by atoms with Crippen LogP contribution in [0.4, 0.5) is 10.7 Å². The molecule has 0 bridgehead atoms. The minimum absolute atomic E-state index is 0.0845. The summed E-state index contributed by atoms with van der Waals surface area (Å²) < 4.78 is 0. The zero-order valence-corrected chi connectivity index (χ0v) is 13.7. The maximum Gasteiger partial charge on any atom is 0.315 e. The van der Waals surface area contributed by atoms with Gasteiger partial charge in [0.2, 0.25) is 11.9 Å². The largest absolute Gasteiger partial charge is 0.354 e. The molecule has 8 nitrogen and oxygen atoms in total. The predicted molar refractivity (Wildman–Crippen MR) is 89.6 cm³/mol. The summed E-state index contributed by atoms with van der Waals surface area (Å²) in [5.41, 5.74) is 0. The quantitative estimate of drug-likeness (QED) is 0.745. The molecule has 2 saturated heterocycles. The molecule has 24 heavy (non-hydrogen) atoms. The van der Waals surface area contributed by atoms with Crippen LogP contribution >= 0.6 is 0 Å². The number of amides is 3. The third-order valence-electron chi connectivity index (χ3n) is 4.51. The standard InChI is InChI=1S/C16H24N6O2/c23-14-13(4-1-2-7-17-14)21-16(24)20-12-5-10-22(11-6-12)15-18-8-3-9-19-15/h3,8-9,12-13H,1-2,4-7,10-11H2,(H,17,23)(H2,20,21,24). The van der Waals surface area contributed by atoms with Crippen LogP contribution in [0.15, 0.2) is 18.5 Å². The van der Waals surface area contributed by atoms with E-state index in [4.69, 9.17) is 0 Å². The highest BCUT2D eigenvalue weighted by Gasteiger charge is 2.25. The summed E-state index contributed by atoms with van der Waals surface area (Å²) in [6.07, 6.45) is 7.74. The number of urea groups is 1. The number of rotatable bonds is 3. The normalized spacial score (nSPS) is 22.4. The van der Waals surface area contributed by atoms with Crippen LogP contribution in [-0.4, -0.2) is 53.6 Å². The Morgan fingerprint density at radius 3 is 2.62 bits per heavy atom. The van der Waals surface area contributed by atoms with E-state index in [1.165, 1.54) is 0 Å². The van der Waals surface area contributed by atoms with E-state index in [1.807, 2.05) is 0 Å². The lowest BCUT2D eigenvalue weighted by Crippen LogP contribution is -2.53. The molecule has 0 radical (unpaired) electrons. The van der Waals surface area contributed by atoms with Crippen molar-refractivity contribution < 1.29 is 9.59 Å². The van der Waals surface area contributed by atoms with E-state index in [2.05, 4.69) is 30.8 Å². The van der Waals surface area contributed by atoms with E-state index in [0.29, 0.717) is 13.0 Å². The van der Waals surface area contributed by atoms with Gasteiger partial charge in [-0.2, -0.15) is 0 Å². The van der Waals surface area contributed by atoms with Crippen LogP contribution in [0.3, 0.4) is 0 Å². The fourth-order valence-corrected chi connectivity index (χ4v) is 3.14. The first kappa shape index (κ1) is 16.5. The Labute approximate surface area is 141 Å². The first-order valence-electron chi connectivity index (χ1n) is 8.59. The topological polar surface area (TPSA) is 99.2 Å². The van der Waals surface area contributed by atoms with Crippen molar-refractivity contribution in [2.24, 2.45) is 0 Å². The molecule has 130 valence electrons. The molecule has 0 aliphatic carbocycles. The fraction of sp³-hybridized carbons (Fsp3) is 0.625. The summed E-state index contributed by atoms with van der Waals surface area (Å²) in [5, 5.41) is 8.61. The summed E-state index contributed by atoms with van der Waals surface area (Å²) in [4.78, 5) is 34.6. The molecule has 2 aliphatic heterocycles. The number of aromatic nitrogens is 2. The molecule has 0 aromatic carbocycles. The van der Waals surface area contributed by atoms with E-state index in [-0.39, 0.29) is 18.0 Å². The van der Waals surface area contributed by atoms with Crippen LogP contribution in [0.25, 0.3) is 0 Å². The van der Waals surface area contributed by atoms with Crippen LogP contribution < -0.4 is 20.9 Å². The van der Waals surface area contributed by atoms with Crippen molar-refractivity contribution in [2.45, 2.75) is 44.2 Å². The smallest absolute Gasteiger partial charge is 0.315 e. The summed E-state index contributed by atoms with van der Waals surface area (Å²) >= 11 is 0. The Morgan fingerprint density at radius 2 is 1.88 bits per heavy atom. The average molecular weight is 332 g/mol. The second-order valence-corrected chi connectivity index (χ2v) is 6.27. The highest BCUT2D eigenvalue weighted by molar-refractivity contribution is 5.87. The van der Waals surface area contributed by atoms with Crippen molar-refractivity contribution in [1.29, 1.82) is 0 Å². The molecule has 3 rings (SSSR count). The minimum Gasteiger partial charge on any atom is -0.354 e. The summed E-state index contributed by atoms with van der Waals surface area (Å²) in [6.45, 7) is 2.30. The van der Waals surface area contributed by atoms with Gasteiger partial charge in [0.25, 0.3) is 0 Å². The number of nitrogens with one attached hydrogen (secondary N) is 3. The molecular weight excluding hydrogens is 308 g/mol. The van der Waals surface area contributed by atoms with Crippen LogP contribution in [0.1, 0.15) is 32.1 Å². The van der Waals surface area contributed by atoms with Crippen LogP contribution in [0.5, 0.6) is 0 Å². The highest BCUT2D eigenvalue weighted by Crippen LogP contribution is 2.15. The fourth-order valence-electron chi connectivity index (χ4n) is 3.14. The molecule has 3 N–H and O–H groups in total. The van der Waals surface area contributed by atoms with Gasteiger partial charge in [-0.1, -0.05) is 0 Å². The van der Waals surface area contributed by atoms with E-state index < -0.39 is 6.04 Å². The number of hydrogen-bond acceptors (Lipinski definition) is 5. The lowest BCUT2D eigenvalue weighted by molar-refractivity contribution is -0.122. The maximum absolute atomic E-state index is 12.1. The van der Waals surface area contributed by atoms with E-state index in [1.54, 1.807) is 18.5 Å². The van der Waals surface area contributed by atoms with Gasteiger partial charge in [0, 0.05) is 38.1 Å². The van der Waals surface area contributed by atoms with Gasteiger partial charge in [-0.3, -0.25) is 4.79 Å². The van der Waals surface area contributed by atoms with E-state index in [0.717, 1.165) is 44.7 Å². The van der Waals surface area contributed by atoms with Gasteiger partial charge in [-0.15, -0.1) is 0 Å².